The van der Waals surface area contributed by atoms with Crippen molar-refractivity contribution in [1.82, 2.24) is 9.47 Å². The first-order valence-electron chi connectivity index (χ1n) is 8.36. The summed E-state index contributed by atoms with van der Waals surface area (Å²) >= 11 is 0. The van der Waals surface area contributed by atoms with Crippen molar-refractivity contribution < 1.29 is 13.2 Å². The normalized spacial score (nSPS) is 11.2. The van der Waals surface area contributed by atoms with Crippen LogP contribution in [0.4, 0.5) is 5.69 Å². The largest absolute Gasteiger partial charge is 0.342 e. The molecule has 7 nitrogen and oxygen atoms in total. The first kappa shape index (κ1) is 19.7. The van der Waals surface area contributed by atoms with Crippen LogP contribution in [-0.4, -0.2) is 36.9 Å². The van der Waals surface area contributed by atoms with Gasteiger partial charge < -0.3 is 9.47 Å². The van der Waals surface area contributed by atoms with E-state index in [1.807, 2.05) is 13.8 Å². The van der Waals surface area contributed by atoms with E-state index >= 15 is 0 Å². The fourth-order valence-corrected chi connectivity index (χ4v) is 3.64. The average Bonchev–Trinajstić information content (AvgIpc) is 2.63. The van der Waals surface area contributed by atoms with Gasteiger partial charge in [-0.2, -0.15) is 0 Å². The molecule has 2 aromatic rings. The number of nitrogens with zero attached hydrogens (tertiary/aromatic N) is 2. The second-order valence-corrected chi connectivity index (χ2v) is 7.45. The molecule has 8 heteroatoms. The maximum absolute atomic E-state index is 12.7. The van der Waals surface area contributed by atoms with Gasteiger partial charge in [-0.15, -0.1) is 0 Å². The lowest BCUT2D eigenvalue weighted by Crippen LogP contribution is -2.37. The topological polar surface area (TPSA) is 88.5 Å². The minimum absolute atomic E-state index is 0.0609. The van der Waals surface area contributed by atoms with Gasteiger partial charge >= 0.3 is 0 Å². The molecule has 1 amide bonds. The molecule has 140 valence electrons. The van der Waals surface area contributed by atoms with E-state index in [0.717, 1.165) is 0 Å². The van der Waals surface area contributed by atoms with Crippen LogP contribution < -0.4 is 10.3 Å². The second-order valence-electron chi connectivity index (χ2n) is 5.76. The molecule has 1 aromatic carbocycles. The van der Waals surface area contributed by atoms with Crippen molar-refractivity contribution in [3.05, 3.63) is 58.5 Å². The fourth-order valence-electron chi connectivity index (χ4n) is 2.56. The van der Waals surface area contributed by atoms with Gasteiger partial charge in [-0.05, 0) is 45.0 Å². The van der Waals surface area contributed by atoms with Crippen LogP contribution in [0.1, 0.15) is 19.5 Å². The lowest BCUT2D eigenvalue weighted by atomic mass is 10.3. The van der Waals surface area contributed by atoms with Gasteiger partial charge in [-0.3, -0.25) is 14.3 Å². The van der Waals surface area contributed by atoms with E-state index in [2.05, 4.69) is 4.72 Å². The van der Waals surface area contributed by atoms with Gasteiger partial charge in [0.05, 0.1) is 4.90 Å². The number of carbonyl (C=O) groups is 1. The summed E-state index contributed by atoms with van der Waals surface area (Å²) in [7, 11) is -3.88. The second kappa shape index (κ2) is 8.18. The molecule has 1 aromatic heterocycles. The van der Waals surface area contributed by atoms with Crippen LogP contribution in [0.15, 0.2) is 52.2 Å². The van der Waals surface area contributed by atoms with Crippen LogP contribution in [-0.2, 0) is 21.4 Å². The molecule has 1 heterocycles. The number of carbonyl (C=O) groups excluding carboxylic acids is 1. The summed E-state index contributed by atoms with van der Waals surface area (Å²) in [4.78, 5) is 26.7. The van der Waals surface area contributed by atoms with Crippen molar-refractivity contribution >= 4 is 21.6 Å². The third-order valence-electron chi connectivity index (χ3n) is 4.10. The summed E-state index contributed by atoms with van der Waals surface area (Å²) in [5, 5.41) is 0. The van der Waals surface area contributed by atoms with Crippen LogP contribution in [0.3, 0.4) is 0 Å². The van der Waals surface area contributed by atoms with Crippen molar-refractivity contribution in [2.45, 2.75) is 32.2 Å². The highest BCUT2D eigenvalue weighted by molar-refractivity contribution is 7.92. The van der Waals surface area contributed by atoms with Crippen LogP contribution >= 0.6 is 0 Å². The number of anilines is 1. The van der Waals surface area contributed by atoms with Gasteiger partial charge in [0, 0.05) is 18.8 Å². The summed E-state index contributed by atoms with van der Waals surface area (Å²) in [6.45, 7) is 6.38. The molecule has 0 aliphatic heterocycles. The van der Waals surface area contributed by atoms with Gasteiger partial charge in [0.25, 0.3) is 15.6 Å². The molecule has 0 radical (unpaired) electrons. The number of aryl methyl sites for hydroxylation is 1. The van der Waals surface area contributed by atoms with E-state index in [0.29, 0.717) is 18.8 Å². The lowest BCUT2D eigenvalue weighted by molar-refractivity contribution is -0.131. The standard InChI is InChI=1S/C18H23N3O4S/c1-4-20(5-2)17(22)13-21-14(3)11-12-16(18(21)23)19-26(24,25)15-9-7-6-8-10-15/h6-12,19H,4-5,13H2,1-3H3. The van der Waals surface area contributed by atoms with Gasteiger partial charge in [0.1, 0.15) is 12.2 Å². The third-order valence-corrected chi connectivity index (χ3v) is 5.48. The zero-order valence-electron chi connectivity index (χ0n) is 15.1. The molecule has 0 aliphatic carbocycles. The number of hydrogen-bond donors (Lipinski definition) is 1. The molecule has 1 N–H and O–H groups in total. The van der Waals surface area contributed by atoms with E-state index in [1.54, 1.807) is 36.1 Å². The van der Waals surface area contributed by atoms with Crippen molar-refractivity contribution in [2.24, 2.45) is 0 Å². The number of likely N-dealkylation sites (N-methyl/N-ethyl adjacent to an activating group) is 1. The Hall–Kier alpha value is -2.61. The quantitative estimate of drug-likeness (QED) is 0.797. The van der Waals surface area contributed by atoms with Crippen LogP contribution in [0.2, 0.25) is 0 Å². The summed E-state index contributed by atoms with van der Waals surface area (Å²) in [5.74, 6) is -0.191. The van der Waals surface area contributed by atoms with Crippen molar-refractivity contribution in [2.75, 3.05) is 17.8 Å². The molecule has 0 saturated heterocycles. The predicted molar refractivity (Wildman–Crippen MR) is 101 cm³/mol. The Morgan fingerprint density at radius 3 is 2.27 bits per heavy atom. The van der Waals surface area contributed by atoms with Crippen LogP contribution in [0.5, 0.6) is 0 Å². The van der Waals surface area contributed by atoms with Crippen LogP contribution in [0, 0.1) is 6.92 Å². The van der Waals surface area contributed by atoms with Crippen molar-refractivity contribution in [1.29, 1.82) is 0 Å². The van der Waals surface area contributed by atoms with E-state index in [9.17, 15) is 18.0 Å². The highest BCUT2D eigenvalue weighted by Crippen LogP contribution is 2.13. The number of aromatic nitrogens is 1. The highest BCUT2D eigenvalue weighted by Gasteiger charge is 2.18. The summed E-state index contributed by atoms with van der Waals surface area (Å²) in [6, 6.07) is 10.8. The number of rotatable bonds is 7. The van der Waals surface area contributed by atoms with Crippen LogP contribution in [0.25, 0.3) is 0 Å². The molecule has 0 unspecified atom stereocenters. The Balaban J connectivity index is 2.35. The monoisotopic (exact) mass is 377 g/mol. The molecule has 0 spiro atoms. The summed E-state index contributed by atoms with van der Waals surface area (Å²) in [6.07, 6.45) is 0. The van der Waals surface area contributed by atoms with E-state index in [4.69, 9.17) is 0 Å². The molecule has 0 saturated carbocycles. The Kier molecular flexibility index (Phi) is 6.20. The highest BCUT2D eigenvalue weighted by atomic mass is 32.2. The smallest absolute Gasteiger partial charge is 0.275 e. The molecule has 0 bridgehead atoms. The zero-order valence-corrected chi connectivity index (χ0v) is 15.9. The van der Waals surface area contributed by atoms with Gasteiger partial charge in [-0.1, -0.05) is 18.2 Å². The number of pyridine rings is 1. The minimum atomic E-state index is -3.88. The Morgan fingerprint density at radius 1 is 1.08 bits per heavy atom. The van der Waals surface area contributed by atoms with Gasteiger partial charge in [0.15, 0.2) is 0 Å². The zero-order chi connectivity index (χ0) is 19.3. The molecular formula is C18H23N3O4S. The Bertz CT molecular complexity index is 933. The number of sulfonamides is 1. The number of amides is 1. The molecule has 0 fully saturated rings. The molecule has 0 aliphatic rings. The third kappa shape index (κ3) is 4.32. The predicted octanol–water partition coefficient (Wildman–Crippen LogP) is 1.83. The SMILES string of the molecule is CCN(CC)C(=O)Cn1c(C)ccc(NS(=O)(=O)c2ccccc2)c1=O. The molecule has 26 heavy (non-hydrogen) atoms. The lowest BCUT2D eigenvalue weighted by Gasteiger charge is -2.20. The Labute approximate surface area is 153 Å². The number of nitrogens with one attached hydrogen (secondary N) is 1. The maximum Gasteiger partial charge on any atom is 0.275 e. The molecule has 2 rings (SSSR count). The van der Waals surface area contributed by atoms with Crippen molar-refractivity contribution in [3.63, 3.8) is 0 Å². The molecular weight excluding hydrogens is 354 g/mol. The average molecular weight is 377 g/mol. The Morgan fingerprint density at radius 2 is 1.69 bits per heavy atom. The summed E-state index contributed by atoms with van der Waals surface area (Å²) in [5.41, 5.74) is -0.0602. The van der Waals surface area contributed by atoms with E-state index in [-0.39, 0.29) is 23.0 Å². The van der Waals surface area contributed by atoms with E-state index < -0.39 is 15.6 Å². The summed E-state index contributed by atoms with van der Waals surface area (Å²) < 4.78 is 28.5. The van der Waals surface area contributed by atoms with E-state index in [1.165, 1.54) is 22.8 Å². The van der Waals surface area contributed by atoms with Crippen molar-refractivity contribution in [3.8, 4) is 0 Å². The first-order chi connectivity index (χ1) is 12.3. The number of hydrogen-bond acceptors (Lipinski definition) is 4. The minimum Gasteiger partial charge on any atom is -0.342 e. The van der Waals surface area contributed by atoms with Gasteiger partial charge in [-0.25, -0.2) is 8.42 Å². The number of benzene rings is 1. The molecule has 0 atom stereocenters. The maximum atomic E-state index is 12.7. The van der Waals surface area contributed by atoms with Gasteiger partial charge in [0.2, 0.25) is 5.91 Å². The first-order valence-corrected chi connectivity index (χ1v) is 9.84. The fraction of sp³-hybridized carbons (Fsp3) is 0.333.